The van der Waals surface area contributed by atoms with Gasteiger partial charge in [-0.2, -0.15) is 5.10 Å². The van der Waals surface area contributed by atoms with Crippen molar-refractivity contribution < 1.29 is 5.11 Å². The van der Waals surface area contributed by atoms with Gasteiger partial charge in [-0.25, -0.2) is 4.68 Å². The van der Waals surface area contributed by atoms with Crippen LogP contribution in [-0.4, -0.2) is 27.0 Å². The smallest absolute Gasteiger partial charge is 0.283 e. The lowest BCUT2D eigenvalue weighted by atomic mass is 10.3. The molecule has 2 rings (SSSR count). The molecular formula is C11H14BrN3O2. The van der Waals surface area contributed by atoms with Crippen LogP contribution in [0.1, 0.15) is 12.8 Å². The van der Waals surface area contributed by atoms with E-state index in [1.165, 1.54) is 4.68 Å². The molecule has 92 valence electrons. The molecule has 0 radical (unpaired) electrons. The number of halogens is 1. The van der Waals surface area contributed by atoms with Gasteiger partial charge in [0.25, 0.3) is 5.56 Å². The summed E-state index contributed by atoms with van der Waals surface area (Å²) in [5.41, 5.74) is 0.159. The number of aromatic nitrogens is 2. The molecule has 2 N–H and O–H groups in total. The van der Waals surface area contributed by atoms with Gasteiger partial charge in [-0.1, -0.05) is 6.08 Å². The number of hydrogen-bond acceptors (Lipinski definition) is 4. The minimum Gasteiger partial charge on any atom is -0.394 e. The average molecular weight is 300 g/mol. The van der Waals surface area contributed by atoms with Crippen molar-refractivity contribution in [2.24, 2.45) is 0 Å². The second-order valence-electron chi connectivity index (χ2n) is 4.21. The number of anilines is 1. The Morgan fingerprint density at radius 3 is 2.94 bits per heavy atom. The minimum absolute atomic E-state index is 0.0647. The lowest BCUT2D eigenvalue weighted by Crippen LogP contribution is -2.29. The number of aliphatic hydroxyl groups excluding tert-OH is 1. The molecule has 1 aromatic heterocycles. The highest BCUT2D eigenvalue weighted by molar-refractivity contribution is 9.10. The zero-order valence-electron chi connectivity index (χ0n) is 9.32. The van der Waals surface area contributed by atoms with E-state index in [0.29, 0.717) is 16.7 Å². The van der Waals surface area contributed by atoms with Crippen LogP contribution in [0.3, 0.4) is 0 Å². The molecule has 1 saturated carbocycles. The van der Waals surface area contributed by atoms with Gasteiger partial charge >= 0.3 is 0 Å². The third-order valence-corrected chi connectivity index (χ3v) is 3.61. The van der Waals surface area contributed by atoms with E-state index in [0.717, 1.165) is 12.8 Å². The van der Waals surface area contributed by atoms with Crippen LogP contribution in [0.4, 0.5) is 5.69 Å². The molecule has 1 heterocycles. The molecule has 1 aliphatic rings. The molecule has 0 aliphatic heterocycles. The van der Waals surface area contributed by atoms with Crippen LogP contribution in [0, 0.1) is 0 Å². The van der Waals surface area contributed by atoms with Crippen molar-refractivity contribution in [3.8, 4) is 0 Å². The Labute approximate surface area is 107 Å². The SMILES string of the molecule is C=CCn1ncc(NC2(CO)CC2)c(Br)c1=O. The number of nitrogens with zero attached hydrogens (tertiary/aromatic N) is 2. The standard InChI is InChI=1S/C11H14BrN3O2/c1-2-5-15-10(17)9(12)8(6-13-15)14-11(7-16)3-4-11/h2,6,14,16H,1,3-5,7H2. The van der Waals surface area contributed by atoms with E-state index in [1.807, 2.05) is 0 Å². The molecule has 6 heteroatoms. The Kier molecular flexibility index (Phi) is 3.35. The molecule has 17 heavy (non-hydrogen) atoms. The fourth-order valence-corrected chi connectivity index (χ4v) is 1.97. The van der Waals surface area contributed by atoms with Gasteiger partial charge < -0.3 is 10.4 Å². The topological polar surface area (TPSA) is 67.2 Å². The second kappa shape index (κ2) is 4.62. The number of aliphatic hydroxyl groups is 1. The predicted molar refractivity (Wildman–Crippen MR) is 69.1 cm³/mol. The van der Waals surface area contributed by atoms with Crippen molar-refractivity contribution in [2.45, 2.75) is 24.9 Å². The molecular weight excluding hydrogens is 286 g/mol. The van der Waals surface area contributed by atoms with Gasteiger partial charge in [-0.15, -0.1) is 6.58 Å². The number of allylic oxidation sites excluding steroid dienone is 1. The Morgan fingerprint density at radius 1 is 1.71 bits per heavy atom. The van der Waals surface area contributed by atoms with Gasteiger partial charge in [0.1, 0.15) is 4.47 Å². The summed E-state index contributed by atoms with van der Waals surface area (Å²) >= 11 is 3.26. The summed E-state index contributed by atoms with van der Waals surface area (Å²) in [6.45, 7) is 4.01. The third kappa shape index (κ3) is 2.42. The second-order valence-corrected chi connectivity index (χ2v) is 5.00. The highest BCUT2D eigenvalue weighted by atomic mass is 79.9. The maximum absolute atomic E-state index is 11.9. The van der Waals surface area contributed by atoms with Crippen molar-refractivity contribution in [1.29, 1.82) is 0 Å². The molecule has 0 saturated heterocycles. The normalized spacial score (nSPS) is 16.6. The van der Waals surface area contributed by atoms with Crippen LogP contribution < -0.4 is 10.9 Å². The third-order valence-electron chi connectivity index (χ3n) is 2.84. The summed E-state index contributed by atoms with van der Waals surface area (Å²) in [6, 6.07) is 0. The van der Waals surface area contributed by atoms with Crippen LogP contribution >= 0.6 is 15.9 Å². The van der Waals surface area contributed by atoms with Gasteiger partial charge in [-0.05, 0) is 28.8 Å². The summed E-state index contributed by atoms with van der Waals surface area (Å²) in [5.74, 6) is 0. The zero-order chi connectivity index (χ0) is 12.5. The molecule has 1 aliphatic carbocycles. The summed E-state index contributed by atoms with van der Waals surface area (Å²) in [6.07, 6.45) is 5.02. The molecule has 1 aromatic rings. The summed E-state index contributed by atoms with van der Waals surface area (Å²) < 4.78 is 1.76. The van der Waals surface area contributed by atoms with Crippen molar-refractivity contribution in [2.75, 3.05) is 11.9 Å². The zero-order valence-corrected chi connectivity index (χ0v) is 10.9. The molecule has 1 fully saturated rings. The van der Waals surface area contributed by atoms with E-state index < -0.39 is 0 Å². The van der Waals surface area contributed by atoms with E-state index in [2.05, 4.69) is 32.9 Å². The van der Waals surface area contributed by atoms with Crippen molar-refractivity contribution >= 4 is 21.6 Å². The Hall–Kier alpha value is -1.14. The van der Waals surface area contributed by atoms with Gasteiger partial charge in [-0.3, -0.25) is 4.79 Å². The number of rotatable bonds is 5. The Morgan fingerprint density at radius 2 is 2.41 bits per heavy atom. The summed E-state index contributed by atoms with van der Waals surface area (Å²) in [7, 11) is 0. The Bertz CT molecular complexity index is 494. The van der Waals surface area contributed by atoms with Crippen molar-refractivity contribution in [3.63, 3.8) is 0 Å². The number of hydrogen-bond donors (Lipinski definition) is 2. The first-order valence-corrected chi connectivity index (χ1v) is 6.17. The fourth-order valence-electron chi connectivity index (χ4n) is 1.56. The molecule has 0 aromatic carbocycles. The van der Waals surface area contributed by atoms with Crippen LogP contribution in [0.25, 0.3) is 0 Å². The number of nitrogens with one attached hydrogen (secondary N) is 1. The monoisotopic (exact) mass is 299 g/mol. The first-order chi connectivity index (χ1) is 8.12. The van der Waals surface area contributed by atoms with E-state index >= 15 is 0 Å². The van der Waals surface area contributed by atoms with E-state index in [4.69, 9.17) is 0 Å². The highest BCUT2D eigenvalue weighted by Gasteiger charge is 2.42. The van der Waals surface area contributed by atoms with Crippen molar-refractivity contribution in [3.05, 3.63) is 33.7 Å². The molecule has 0 amide bonds. The van der Waals surface area contributed by atoms with Gasteiger partial charge in [0.15, 0.2) is 0 Å². The molecule has 0 atom stereocenters. The van der Waals surface area contributed by atoms with Gasteiger partial charge in [0.05, 0.1) is 30.6 Å². The lowest BCUT2D eigenvalue weighted by Gasteiger charge is -2.16. The predicted octanol–water partition coefficient (Wildman–Crippen LogP) is 1.13. The largest absolute Gasteiger partial charge is 0.394 e. The fraction of sp³-hybridized carbons (Fsp3) is 0.455. The maximum Gasteiger partial charge on any atom is 0.283 e. The minimum atomic E-state index is -0.263. The summed E-state index contributed by atoms with van der Waals surface area (Å²) in [5, 5.41) is 16.4. The van der Waals surface area contributed by atoms with E-state index in [1.54, 1.807) is 12.3 Å². The van der Waals surface area contributed by atoms with E-state index in [9.17, 15) is 9.90 Å². The van der Waals surface area contributed by atoms with Crippen LogP contribution in [0.5, 0.6) is 0 Å². The molecule has 0 spiro atoms. The molecule has 0 bridgehead atoms. The van der Waals surface area contributed by atoms with Crippen LogP contribution in [-0.2, 0) is 6.54 Å². The van der Waals surface area contributed by atoms with Crippen LogP contribution in [0.15, 0.2) is 28.1 Å². The molecule has 5 nitrogen and oxygen atoms in total. The first kappa shape index (κ1) is 12.3. The Balaban J connectivity index is 2.28. The molecule has 0 unspecified atom stereocenters. The first-order valence-electron chi connectivity index (χ1n) is 5.37. The quantitative estimate of drug-likeness (QED) is 0.800. The van der Waals surface area contributed by atoms with Gasteiger partial charge in [0.2, 0.25) is 0 Å². The van der Waals surface area contributed by atoms with E-state index in [-0.39, 0.29) is 17.7 Å². The van der Waals surface area contributed by atoms with Gasteiger partial charge in [0, 0.05) is 0 Å². The maximum atomic E-state index is 11.9. The summed E-state index contributed by atoms with van der Waals surface area (Å²) in [4.78, 5) is 11.9. The van der Waals surface area contributed by atoms with Crippen molar-refractivity contribution in [1.82, 2.24) is 9.78 Å². The van der Waals surface area contributed by atoms with Crippen LogP contribution in [0.2, 0.25) is 0 Å². The lowest BCUT2D eigenvalue weighted by molar-refractivity contribution is 0.266. The average Bonchev–Trinajstić information content (AvgIpc) is 3.10. The highest BCUT2D eigenvalue weighted by Crippen LogP contribution is 2.39.